The van der Waals surface area contributed by atoms with E-state index < -0.39 is 12.6 Å². The minimum Gasteiger partial charge on any atom is -0.463 e. The minimum atomic E-state index is -0.465. The fourth-order valence-corrected chi connectivity index (χ4v) is 1.11. The third-order valence-corrected chi connectivity index (χ3v) is 1.85. The van der Waals surface area contributed by atoms with Gasteiger partial charge in [0, 0.05) is 0 Å². The van der Waals surface area contributed by atoms with Crippen LogP contribution in [-0.2, 0) is 18.9 Å². The van der Waals surface area contributed by atoms with Crippen LogP contribution in [0.3, 0.4) is 0 Å². The monoisotopic (exact) mass is 268 g/mol. The highest BCUT2D eigenvalue weighted by atomic mass is 16.7. The number of rotatable bonds is 10. The molecule has 0 radical (unpaired) electrons. The zero-order valence-corrected chi connectivity index (χ0v) is 12.1. The van der Waals surface area contributed by atoms with E-state index in [4.69, 9.17) is 18.9 Å². The molecule has 0 aliphatic heterocycles. The summed E-state index contributed by atoms with van der Waals surface area (Å²) in [6.45, 7) is 7.49. The summed E-state index contributed by atoms with van der Waals surface area (Å²) in [6, 6.07) is 0. The highest BCUT2D eigenvalue weighted by Gasteiger charge is 2.18. The molecule has 0 aromatic rings. The first-order valence-corrected chi connectivity index (χ1v) is 6.34. The fourth-order valence-electron chi connectivity index (χ4n) is 1.11. The van der Waals surface area contributed by atoms with Gasteiger partial charge in [-0.05, 0) is 27.7 Å². The molecule has 0 N–H and O–H groups in total. The van der Waals surface area contributed by atoms with Crippen molar-refractivity contribution in [2.75, 3.05) is 0 Å². The second-order valence-corrected chi connectivity index (χ2v) is 3.52. The predicted octanol–water partition coefficient (Wildman–Crippen LogP) is 4.23. The van der Waals surface area contributed by atoms with Crippen molar-refractivity contribution < 1.29 is 18.9 Å². The standard InChI is InChI=1S/C15H24O4/c1-5-9-16-14(17-10-6-2)13-15(18-11-7-3)19-12-8-4/h5-12,14-15H,13H2,1-4H3. The number of hydrogen-bond acceptors (Lipinski definition) is 4. The normalized spacial score (nSPS) is 15.4. The van der Waals surface area contributed by atoms with Crippen LogP contribution in [0.4, 0.5) is 0 Å². The lowest BCUT2D eigenvalue weighted by molar-refractivity contribution is -0.143. The Morgan fingerprint density at radius 3 is 1.05 bits per heavy atom. The molecule has 0 fully saturated rings. The molecule has 108 valence electrons. The van der Waals surface area contributed by atoms with Gasteiger partial charge < -0.3 is 18.9 Å². The maximum absolute atomic E-state index is 5.42. The van der Waals surface area contributed by atoms with Gasteiger partial charge in [0.05, 0.1) is 31.5 Å². The van der Waals surface area contributed by atoms with Crippen LogP contribution in [0.15, 0.2) is 49.4 Å². The molecule has 0 bridgehead atoms. The van der Waals surface area contributed by atoms with E-state index in [0.717, 1.165) is 0 Å². The van der Waals surface area contributed by atoms with Gasteiger partial charge in [0.15, 0.2) is 0 Å². The minimum absolute atomic E-state index is 0.434. The van der Waals surface area contributed by atoms with E-state index in [2.05, 4.69) is 0 Å². The van der Waals surface area contributed by atoms with E-state index in [9.17, 15) is 0 Å². The van der Waals surface area contributed by atoms with Gasteiger partial charge in [0.25, 0.3) is 0 Å². The van der Waals surface area contributed by atoms with Gasteiger partial charge in [-0.1, -0.05) is 24.3 Å². The van der Waals surface area contributed by atoms with Gasteiger partial charge in [-0.2, -0.15) is 0 Å². The summed E-state index contributed by atoms with van der Waals surface area (Å²) in [6.07, 6.45) is 13.0. The Hall–Kier alpha value is -1.84. The second-order valence-electron chi connectivity index (χ2n) is 3.52. The van der Waals surface area contributed by atoms with Crippen molar-refractivity contribution in [2.45, 2.75) is 46.7 Å². The van der Waals surface area contributed by atoms with Crippen molar-refractivity contribution in [1.29, 1.82) is 0 Å². The largest absolute Gasteiger partial charge is 0.463 e. The maximum Gasteiger partial charge on any atom is 0.246 e. The molecule has 0 saturated carbocycles. The highest BCUT2D eigenvalue weighted by molar-refractivity contribution is 4.74. The van der Waals surface area contributed by atoms with Crippen LogP contribution in [0, 0.1) is 0 Å². The van der Waals surface area contributed by atoms with Crippen LogP contribution in [0.25, 0.3) is 0 Å². The Morgan fingerprint density at radius 2 is 0.842 bits per heavy atom. The average Bonchev–Trinajstić information content (AvgIpc) is 2.44. The molecule has 0 aromatic heterocycles. The molecule has 0 saturated heterocycles. The van der Waals surface area contributed by atoms with Crippen LogP contribution in [0.2, 0.25) is 0 Å². The van der Waals surface area contributed by atoms with E-state index in [0.29, 0.717) is 6.42 Å². The van der Waals surface area contributed by atoms with Crippen molar-refractivity contribution in [3.05, 3.63) is 49.4 Å². The number of ether oxygens (including phenoxy) is 4. The summed E-state index contributed by atoms with van der Waals surface area (Å²) >= 11 is 0. The zero-order chi connectivity index (χ0) is 14.3. The molecule has 0 atom stereocenters. The van der Waals surface area contributed by atoms with Crippen LogP contribution in [0.5, 0.6) is 0 Å². The molecule has 0 heterocycles. The quantitative estimate of drug-likeness (QED) is 0.439. The van der Waals surface area contributed by atoms with E-state index in [1.165, 1.54) is 0 Å². The predicted molar refractivity (Wildman–Crippen MR) is 75.8 cm³/mol. The summed E-state index contributed by atoms with van der Waals surface area (Å²) in [7, 11) is 0. The Labute approximate surface area is 116 Å². The molecule has 0 aliphatic rings. The van der Waals surface area contributed by atoms with Crippen LogP contribution in [0.1, 0.15) is 34.1 Å². The summed E-state index contributed by atoms with van der Waals surface area (Å²) < 4.78 is 21.7. The average molecular weight is 268 g/mol. The lowest BCUT2D eigenvalue weighted by atomic mass is 10.4. The van der Waals surface area contributed by atoms with Crippen molar-refractivity contribution in [3.63, 3.8) is 0 Å². The molecule has 0 amide bonds. The second kappa shape index (κ2) is 12.6. The fraction of sp³-hybridized carbons (Fsp3) is 0.467. The van der Waals surface area contributed by atoms with Gasteiger partial charge in [0.1, 0.15) is 0 Å². The third kappa shape index (κ3) is 9.83. The third-order valence-electron chi connectivity index (χ3n) is 1.85. The summed E-state index contributed by atoms with van der Waals surface area (Å²) in [5, 5.41) is 0. The Bertz CT molecular complexity index is 247. The van der Waals surface area contributed by atoms with Gasteiger partial charge in [-0.15, -0.1) is 0 Å². The first-order chi connectivity index (χ1) is 9.28. The van der Waals surface area contributed by atoms with Crippen molar-refractivity contribution >= 4 is 0 Å². The van der Waals surface area contributed by atoms with E-state index in [1.54, 1.807) is 49.4 Å². The van der Waals surface area contributed by atoms with E-state index in [-0.39, 0.29) is 0 Å². The highest BCUT2D eigenvalue weighted by Crippen LogP contribution is 2.11. The van der Waals surface area contributed by atoms with Crippen molar-refractivity contribution in [1.82, 2.24) is 0 Å². The lowest BCUT2D eigenvalue weighted by Crippen LogP contribution is -2.23. The van der Waals surface area contributed by atoms with E-state index >= 15 is 0 Å². The van der Waals surface area contributed by atoms with Crippen LogP contribution >= 0.6 is 0 Å². The Kier molecular flexibility index (Phi) is 11.4. The first-order valence-electron chi connectivity index (χ1n) is 6.34. The molecular weight excluding hydrogens is 244 g/mol. The van der Waals surface area contributed by atoms with Crippen molar-refractivity contribution in [3.8, 4) is 0 Å². The molecule has 0 aromatic carbocycles. The molecule has 19 heavy (non-hydrogen) atoms. The molecule has 4 nitrogen and oxygen atoms in total. The smallest absolute Gasteiger partial charge is 0.246 e. The summed E-state index contributed by atoms with van der Waals surface area (Å²) in [5.41, 5.74) is 0. The number of allylic oxidation sites excluding steroid dienone is 4. The molecule has 0 rings (SSSR count). The molecule has 0 aliphatic carbocycles. The maximum atomic E-state index is 5.42. The molecular formula is C15H24O4. The summed E-state index contributed by atoms with van der Waals surface area (Å²) in [5.74, 6) is 0. The van der Waals surface area contributed by atoms with Gasteiger partial charge in [-0.3, -0.25) is 0 Å². The van der Waals surface area contributed by atoms with E-state index in [1.807, 2.05) is 27.7 Å². The zero-order valence-electron chi connectivity index (χ0n) is 12.1. The molecule has 4 heteroatoms. The number of hydrogen-bond donors (Lipinski definition) is 0. The van der Waals surface area contributed by atoms with Gasteiger partial charge >= 0.3 is 0 Å². The SMILES string of the molecule is CC=COC(CC(OC=CC)OC=CC)OC=CC. The Balaban J connectivity index is 4.48. The topological polar surface area (TPSA) is 36.9 Å². The van der Waals surface area contributed by atoms with Crippen LogP contribution in [-0.4, -0.2) is 12.6 Å². The van der Waals surface area contributed by atoms with Crippen molar-refractivity contribution in [2.24, 2.45) is 0 Å². The molecule has 0 unspecified atom stereocenters. The first kappa shape index (κ1) is 17.2. The lowest BCUT2D eigenvalue weighted by Gasteiger charge is -2.21. The van der Waals surface area contributed by atoms with Gasteiger partial charge in [-0.25, -0.2) is 0 Å². The summed E-state index contributed by atoms with van der Waals surface area (Å²) in [4.78, 5) is 0. The van der Waals surface area contributed by atoms with Crippen LogP contribution < -0.4 is 0 Å². The van der Waals surface area contributed by atoms with Gasteiger partial charge in [0.2, 0.25) is 12.6 Å². The Morgan fingerprint density at radius 1 is 0.579 bits per heavy atom. The molecule has 0 spiro atoms.